The first-order valence-corrected chi connectivity index (χ1v) is 15.9. The number of nitrogens with one attached hydrogen (secondary N) is 4. The van der Waals surface area contributed by atoms with Gasteiger partial charge in [-0.05, 0) is 78.6 Å². The Balaban J connectivity index is 1.52. The number of nitrogens with zero attached hydrogens (tertiary/aromatic N) is 1. The largest absolute Gasteiger partial charge is 0.436 e. The molecule has 12 nitrogen and oxygen atoms in total. The summed E-state index contributed by atoms with van der Waals surface area (Å²) in [6, 6.07) is -1.05. The number of hydrogen-bond donors (Lipinski definition) is 4. The molecule has 4 amide bonds. The molecule has 13 heteroatoms. The number of ether oxygens (including phenoxy) is 1. The Labute approximate surface area is 236 Å². The Morgan fingerprint density at radius 2 is 1.80 bits per heavy atom. The lowest BCUT2D eigenvalue weighted by Gasteiger charge is -2.30. The first kappa shape index (κ1) is 30.3. The van der Waals surface area contributed by atoms with Crippen LogP contribution in [-0.2, 0) is 29.3 Å². The van der Waals surface area contributed by atoms with Gasteiger partial charge < -0.3 is 20.3 Å². The maximum atomic E-state index is 13.6. The highest BCUT2D eigenvalue weighted by molar-refractivity contribution is 7.88. The molecule has 0 aromatic carbocycles. The number of rotatable bonds is 5. The van der Waals surface area contributed by atoms with E-state index in [2.05, 4.69) is 20.1 Å². The van der Waals surface area contributed by atoms with Crippen molar-refractivity contribution in [2.75, 3.05) is 6.54 Å². The Morgan fingerprint density at radius 1 is 1.05 bits per heavy atom. The smallest absolute Gasteiger partial charge is 0.408 e. The van der Waals surface area contributed by atoms with Crippen molar-refractivity contribution in [1.82, 2.24) is 25.0 Å². The van der Waals surface area contributed by atoms with Crippen molar-refractivity contribution in [2.24, 2.45) is 5.92 Å². The average Bonchev–Trinajstić information content (AvgIpc) is 3.28. The predicted molar refractivity (Wildman–Crippen MR) is 147 cm³/mol. The summed E-state index contributed by atoms with van der Waals surface area (Å²) in [5.41, 5.74) is -1.96. The molecular weight excluding hydrogens is 538 g/mol. The number of fused-ring (bicyclic) bond motifs is 2. The third kappa shape index (κ3) is 7.54. The molecule has 2 saturated carbocycles. The summed E-state index contributed by atoms with van der Waals surface area (Å²) in [6.07, 6.45) is 9.04. The Morgan fingerprint density at radius 3 is 2.48 bits per heavy atom. The van der Waals surface area contributed by atoms with Crippen molar-refractivity contribution >= 4 is 34.0 Å². The number of amides is 4. The summed E-state index contributed by atoms with van der Waals surface area (Å²) in [5, 5.41) is 5.53. The van der Waals surface area contributed by atoms with Crippen LogP contribution < -0.4 is 20.1 Å². The standard InChI is InChI=1S/C27H43N5O7S/c1-26(2,3)29-25(36)39-21-15-8-6-4-5-7-11-18-17-27(18,24(35)31-40(37,38)30-19-12-9-13-19)28-22(33)20-14-10-16-32(20)23(21)34/h7,11,18-21,30H,4-6,8-10,12-17H2,1-3H3,(H,28,33)(H,29,36)(H,31,35)/t18-,20+,21+,27-/m1/s1. The number of carbonyl (C=O) groups is 4. The van der Waals surface area contributed by atoms with Gasteiger partial charge in [-0.25, -0.2) is 9.52 Å². The molecule has 2 heterocycles. The van der Waals surface area contributed by atoms with Gasteiger partial charge in [-0.1, -0.05) is 25.0 Å². The number of allylic oxidation sites excluding steroid dienone is 1. The van der Waals surface area contributed by atoms with Crippen LogP contribution in [0, 0.1) is 5.92 Å². The molecule has 2 aliphatic heterocycles. The van der Waals surface area contributed by atoms with Gasteiger partial charge in [0.25, 0.3) is 11.8 Å². The van der Waals surface area contributed by atoms with Crippen LogP contribution in [-0.4, -0.2) is 72.9 Å². The van der Waals surface area contributed by atoms with E-state index in [0.717, 1.165) is 38.5 Å². The molecule has 4 rings (SSSR count). The molecular formula is C27H43N5O7S. The van der Waals surface area contributed by atoms with E-state index in [9.17, 15) is 27.6 Å². The van der Waals surface area contributed by atoms with Crippen molar-refractivity contribution in [3.8, 4) is 0 Å². The van der Waals surface area contributed by atoms with E-state index in [-0.39, 0.29) is 18.4 Å². The SMILES string of the molecule is CC(C)(C)NC(=O)O[C@H]1CCCCCC=C[C@@H]2C[C@@]2(C(=O)NS(=O)(=O)NC2CCC2)NC(=O)[C@@H]2CCCN2C1=O. The highest BCUT2D eigenvalue weighted by atomic mass is 32.2. The molecule has 4 N–H and O–H groups in total. The summed E-state index contributed by atoms with van der Waals surface area (Å²) in [4.78, 5) is 54.4. The minimum absolute atomic E-state index is 0.195. The van der Waals surface area contributed by atoms with Crippen LogP contribution in [0.2, 0.25) is 0 Å². The first-order chi connectivity index (χ1) is 18.8. The molecule has 0 radical (unpaired) electrons. The van der Waals surface area contributed by atoms with E-state index in [4.69, 9.17) is 4.74 Å². The quantitative estimate of drug-likeness (QED) is 0.360. The summed E-state index contributed by atoms with van der Waals surface area (Å²) in [7, 11) is -4.09. The third-order valence-corrected chi connectivity index (χ3v) is 9.06. The van der Waals surface area contributed by atoms with Crippen molar-refractivity contribution < 1.29 is 32.3 Å². The second-order valence-corrected chi connectivity index (χ2v) is 13.9. The fourth-order valence-electron chi connectivity index (χ4n) is 5.49. The lowest BCUT2D eigenvalue weighted by Crippen LogP contribution is -2.59. The van der Waals surface area contributed by atoms with E-state index in [1.54, 1.807) is 0 Å². The Kier molecular flexibility index (Phi) is 9.13. The van der Waals surface area contributed by atoms with E-state index >= 15 is 0 Å². The van der Waals surface area contributed by atoms with Crippen LogP contribution in [0.5, 0.6) is 0 Å². The van der Waals surface area contributed by atoms with Gasteiger partial charge in [0.1, 0.15) is 11.6 Å². The molecule has 40 heavy (non-hydrogen) atoms. The molecule has 0 unspecified atom stereocenters. The predicted octanol–water partition coefficient (Wildman–Crippen LogP) is 1.77. The topological polar surface area (TPSA) is 163 Å². The fraction of sp³-hybridized carbons (Fsp3) is 0.778. The zero-order chi connectivity index (χ0) is 29.1. The zero-order valence-electron chi connectivity index (χ0n) is 23.7. The van der Waals surface area contributed by atoms with Gasteiger partial charge in [-0.3, -0.25) is 14.4 Å². The van der Waals surface area contributed by atoms with Gasteiger partial charge in [-0.2, -0.15) is 13.1 Å². The zero-order valence-corrected chi connectivity index (χ0v) is 24.5. The Hall–Kier alpha value is -2.67. The molecule has 3 fully saturated rings. The second kappa shape index (κ2) is 12.1. The second-order valence-electron chi connectivity index (χ2n) is 12.5. The van der Waals surface area contributed by atoms with Crippen LogP contribution >= 0.6 is 0 Å². The number of alkyl carbamates (subject to hydrolysis) is 1. The molecule has 224 valence electrons. The van der Waals surface area contributed by atoms with Gasteiger partial charge in [0, 0.05) is 24.0 Å². The van der Waals surface area contributed by atoms with Crippen molar-refractivity contribution in [1.29, 1.82) is 0 Å². The van der Waals surface area contributed by atoms with E-state index in [1.807, 2.05) is 32.9 Å². The minimum Gasteiger partial charge on any atom is -0.436 e. The average molecular weight is 582 g/mol. The summed E-state index contributed by atoms with van der Waals surface area (Å²) < 4.78 is 35.4. The van der Waals surface area contributed by atoms with Gasteiger partial charge >= 0.3 is 16.3 Å². The highest BCUT2D eigenvalue weighted by Crippen LogP contribution is 2.45. The van der Waals surface area contributed by atoms with Crippen LogP contribution in [0.25, 0.3) is 0 Å². The molecule has 4 atom stereocenters. The molecule has 0 aromatic heterocycles. The normalized spacial score (nSPS) is 30.1. The number of carbonyl (C=O) groups excluding carboxylic acids is 4. The van der Waals surface area contributed by atoms with E-state index in [1.165, 1.54) is 4.90 Å². The highest BCUT2D eigenvalue weighted by Gasteiger charge is 2.61. The van der Waals surface area contributed by atoms with Crippen LogP contribution in [0.4, 0.5) is 4.79 Å². The van der Waals surface area contributed by atoms with Gasteiger partial charge in [0.15, 0.2) is 6.10 Å². The molecule has 0 spiro atoms. The van der Waals surface area contributed by atoms with Crippen LogP contribution in [0.3, 0.4) is 0 Å². The lowest BCUT2D eigenvalue weighted by molar-refractivity contribution is -0.146. The Bertz CT molecular complexity index is 1130. The molecule has 2 aliphatic carbocycles. The maximum absolute atomic E-state index is 13.6. The van der Waals surface area contributed by atoms with Gasteiger partial charge in [0.2, 0.25) is 5.91 Å². The van der Waals surface area contributed by atoms with Crippen LogP contribution in [0.1, 0.15) is 91.4 Å². The van der Waals surface area contributed by atoms with E-state index < -0.39 is 57.2 Å². The third-order valence-electron chi connectivity index (χ3n) is 7.97. The first-order valence-electron chi connectivity index (χ1n) is 14.4. The molecule has 1 saturated heterocycles. The van der Waals surface area contributed by atoms with E-state index in [0.29, 0.717) is 32.2 Å². The van der Waals surface area contributed by atoms with Crippen molar-refractivity contribution in [3.63, 3.8) is 0 Å². The van der Waals surface area contributed by atoms with Crippen molar-refractivity contribution in [3.05, 3.63) is 12.2 Å². The lowest BCUT2D eigenvalue weighted by atomic mass is 9.94. The maximum Gasteiger partial charge on any atom is 0.408 e. The fourth-order valence-corrected chi connectivity index (χ4v) is 6.65. The molecule has 4 aliphatic rings. The monoisotopic (exact) mass is 581 g/mol. The van der Waals surface area contributed by atoms with Crippen LogP contribution in [0.15, 0.2) is 12.2 Å². The summed E-state index contributed by atoms with van der Waals surface area (Å²) in [5.74, 6) is -2.10. The number of hydrogen-bond acceptors (Lipinski definition) is 7. The molecule has 0 bridgehead atoms. The van der Waals surface area contributed by atoms with Crippen molar-refractivity contribution in [2.45, 2.75) is 121 Å². The molecule has 0 aromatic rings. The summed E-state index contributed by atoms with van der Waals surface area (Å²) >= 11 is 0. The van der Waals surface area contributed by atoms with Gasteiger partial charge in [-0.15, -0.1) is 0 Å². The minimum atomic E-state index is -4.09. The summed E-state index contributed by atoms with van der Waals surface area (Å²) in [6.45, 7) is 5.76. The van der Waals surface area contributed by atoms with Gasteiger partial charge in [0.05, 0.1) is 0 Å².